The number of halogens is 1. The van der Waals surface area contributed by atoms with E-state index in [-0.39, 0.29) is 17.7 Å². The molecule has 0 saturated heterocycles. The second-order valence-electron chi connectivity index (χ2n) is 7.30. The van der Waals surface area contributed by atoms with Gasteiger partial charge < -0.3 is 10.3 Å². The van der Waals surface area contributed by atoms with Crippen LogP contribution in [0.1, 0.15) is 43.0 Å². The molecule has 1 saturated carbocycles. The monoisotopic (exact) mass is 392 g/mol. The molecule has 0 spiro atoms. The molecule has 28 heavy (non-hydrogen) atoms. The molecule has 1 aliphatic rings. The zero-order chi connectivity index (χ0) is 19.5. The molecular formula is C22H21ClN4O. The third-order valence-corrected chi connectivity index (χ3v) is 5.66. The standard InChI is InChI=1S/C22H21ClN4O/c23-15-7-10-19-20(13-15)27-21(26-19)17-3-1-2-4-18(17)22(28)25-16-8-5-14(6-9-16)11-12-24/h5-10,13,17-18H,1-4,11H2,(H,25,28)(H,26,27)/t17-,18-/m0/s1. The van der Waals surface area contributed by atoms with Gasteiger partial charge in [0.25, 0.3) is 0 Å². The number of imidazole rings is 1. The normalized spacial score (nSPS) is 19.3. The molecule has 5 nitrogen and oxygen atoms in total. The van der Waals surface area contributed by atoms with Gasteiger partial charge in [-0.25, -0.2) is 4.98 Å². The minimum absolute atomic E-state index is 0.0243. The third kappa shape index (κ3) is 3.88. The number of anilines is 1. The highest BCUT2D eigenvalue weighted by molar-refractivity contribution is 6.31. The number of nitriles is 1. The molecule has 142 valence electrons. The first kappa shape index (κ1) is 18.5. The number of H-pyrrole nitrogens is 1. The van der Waals surface area contributed by atoms with Crippen LogP contribution in [0.4, 0.5) is 5.69 Å². The molecule has 0 bridgehead atoms. The van der Waals surface area contributed by atoms with E-state index in [0.29, 0.717) is 11.4 Å². The Bertz CT molecular complexity index is 1030. The summed E-state index contributed by atoms with van der Waals surface area (Å²) in [5, 5.41) is 12.5. The van der Waals surface area contributed by atoms with Gasteiger partial charge in [0.15, 0.2) is 0 Å². The van der Waals surface area contributed by atoms with Gasteiger partial charge in [-0.3, -0.25) is 4.79 Å². The smallest absolute Gasteiger partial charge is 0.228 e. The molecule has 4 rings (SSSR count). The number of carbonyl (C=O) groups excluding carboxylic acids is 1. The number of rotatable bonds is 4. The summed E-state index contributed by atoms with van der Waals surface area (Å²) in [6.07, 6.45) is 4.29. The van der Waals surface area contributed by atoms with Crippen molar-refractivity contribution < 1.29 is 4.79 Å². The van der Waals surface area contributed by atoms with Gasteiger partial charge in [0.1, 0.15) is 5.82 Å². The summed E-state index contributed by atoms with van der Waals surface area (Å²) >= 11 is 6.08. The molecule has 6 heteroatoms. The highest BCUT2D eigenvalue weighted by Gasteiger charge is 2.34. The van der Waals surface area contributed by atoms with Crippen LogP contribution in [0, 0.1) is 17.2 Å². The van der Waals surface area contributed by atoms with Crippen LogP contribution < -0.4 is 5.32 Å². The second kappa shape index (κ2) is 8.04. The van der Waals surface area contributed by atoms with E-state index in [4.69, 9.17) is 21.8 Å². The first-order valence-corrected chi connectivity index (χ1v) is 9.94. The molecule has 1 fully saturated rings. The van der Waals surface area contributed by atoms with Gasteiger partial charge >= 0.3 is 0 Å². The predicted molar refractivity (Wildman–Crippen MR) is 110 cm³/mol. The van der Waals surface area contributed by atoms with Gasteiger partial charge in [-0.1, -0.05) is 36.6 Å². The number of hydrogen-bond acceptors (Lipinski definition) is 3. The van der Waals surface area contributed by atoms with Gasteiger partial charge in [-0.15, -0.1) is 0 Å². The van der Waals surface area contributed by atoms with Crippen LogP contribution in [0.25, 0.3) is 11.0 Å². The number of fused-ring (bicyclic) bond motifs is 1. The summed E-state index contributed by atoms with van der Waals surface area (Å²) in [5.74, 6) is 0.832. The van der Waals surface area contributed by atoms with Crippen molar-refractivity contribution in [3.63, 3.8) is 0 Å². The molecular weight excluding hydrogens is 372 g/mol. The number of aromatic nitrogens is 2. The van der Waals surface area contributed by atoms with Crippen LogP contribution in [-0.4, -0.2) is 15.9 Å². The lowest BCUT2D eigenvalue weighted by Crippen LogP contribution is -2.31. The molecule has 2 aromatic carbocycles. The molecule has 1 amide bonds. The van der Waals surface area contributed by atoms with Crippen LogP contribution in [0.15, 0.2) is 42.5 Å². The van der Waals surface area contributed by atoms with Gasteiger partial charge in [-0.2, -0.15) is 5.26 Å². The lowest BCUT2D eigenvalue weighted by molar-refractivity contribution is -0.121. The minimum atomic E-state index is -0.122. The SMILES string of the molecule is N#CCc1ccc(NC(=O)[C@H]2CCCC[C@@H]2c2nc3ccc(Cl)cc3[nH]2)cc1. The third-order valence-electron chi connectivity index (χ3n) is 5.42. The van der Waals surface area contributed by atoms with Crippen LogP contribution in [-0.2, 0) is 11.2 Å². The van der Waals surface area contributed by atoms with E-state index < -0.39 is 0 Å². The molecule has 1 aromatic heterocycles. The van der Waals surface area contributed by atoms with Gasteiger partial charge in [-0.05, 0) is 48.7 Å². The maximum absolute atomic E-state index is 13.0. The number of aromatic amines is 1. The Kier molecular flexibility index (Phi) is 5.31. The Labute approximate surface area is 168 Å². The van der Waals surface area contributed by atoms with E-state index in [9.17, 15) is 4.79 Å². The van der Waals surface area contributed by atoms with Crippen molar-refractivity contribution in [3.8, 4) is 6.07 Å². The first-order chi connectivity index (χ1) is 13.6. The summed E-state index contributed by atoms with van der Waals surface area (Å²) < 4.78 is 0. The first-order valence-electron chi connectivity index (χ1n) is 9.56. The summed E-state index contributed by atoms with van der Waals surface area (Å²) in [5.41, 5.74) is 3.47. The van der Waals surface area contributed by atoms with Crippen LogP contribution >= 0.6 is 11.6 Å². The van der Waals surface area contributed by atoms with Crippen LogP contribution in [0.5, 0.6) is 0 Å². The maximum Gasteiger partial charge on any atom is 0.228 e. The van der Waals surface area contributed by atoms with Crippen molar-refractivity contribution in [2.24, 2.45) is 5.92 Å². The Hall–Kier alpha value is -2.84. The van der Waals surface area contributed by atoms with E-state index >= 15 is 0 Å². The number of amides is 1. The van der Waals surface area contributed by atoms with E-state index in [1.165, 1.54) is 0 Å². The zero-order valence-corrected chi connectivity index (χ0v) is 16.2. The maximum atomic E-state index is 13.0. The Balaban J connectivity index is 1.54. The lowest BCUT2D eigenvalue weighted by Gasteiger charge is -2.29. The minimum Gasteiger partial charge on any atom is -0.342 e. The topological polar surface area (TPSA) is 81.6 Å². The molecule has 0 radical (unpaired) electrons. The molecule has 1 aliphatic carbocycles. The highest BCUT2D eigenvalue weighted by atomic mass is 35.5. The fourth-order valence-corrected chi connectivity index (χ4v) is 4.15. The predicted octanol–water partition coefficient (Wildman–Crippen LogP) is 5.19. The van der Waals surface area contributed by atoms with E-state index in [2.05, 4.69) is 16.4 Å². The fraction of sp³-hybridized carbons (Fsp3) is 0.318. The molecule has 2 atom stereocenters. The number of nitrogens with one attached hydrogen (secondary N) is 2. The van der Waals surface area contributed by atoms with Crippen molar-refractivity contribution in [2.45, 2.75) is 38.0 Å². The van der Waals surface area contributed by atoms with Crippen molar-refractivity contribution in [1.29, 1.82) is 5.26 Å². The summed E-state index contributed by atoms with van der Waals surface area (Å²) in [6, 6.07) is 15.2. The van der Waals surface area contributed by atoms with Gasteiger partial charge in [0.2, 0.25) is 5.91 Å². The largest absolute Gasteiger partial charge is 0.342 e. The molecule has 0 aliphatic heterocycles. The zero-order valence-electron chi connectivity index (χ0n) is 15.4. The highest BCUT2D eigenvalue weighted by Crippen LogP contribution is 2.38. The summed E-state index contributed by atoms with van der Waals surface area (Å²) in [4.78, 5) is 21.1. The van der Waals surface area contributed by atoms with E-state index in [1.807, 2.05) is 42.5 Å². The van der Waals surface area contributed by atoms with Crippen molar-refractivity contribution in [2.75, 3.05) is 5.32 Å². The molecule has 2 N–H and O–H groups in total. The Morgan fingerprint density at radius 2 is 2.00 bits per heavy atom. The average Bonchev–Trinajstić information content (AvgIpc) is 3.12. The Morgan fingerprint density at radius 1 is 1.21 bits per heavy atom. The van der Waals surface area contributed by atoms with E-state index in [1.54, 1.807) is 0 Å². The second-order valence-corrected chi connectivity index (χ2v) is 7.74. The van der Waals surface area contributed by atoms with Crippen LogP contribution in [0.3, 0.4) is 0 Å². The lowest BCUT2D eigenvalue weighted by atomic mass is 9.78. The quantitative estimate of drug-likeness (QED) is 0.640. The van der Waals surface area contributed by atoms with E-state index in [0.717, 1.165) is 53.8 Å². The van der Waals surface area contributed by atoms with Crippen LogP contribution in [0.2, 0.25) is 5.02 Å². The fourth-order valence-electron chi connectivity index (χ4n) is 3.98. The molecule has 1 heterocycles. The molecule has 3 aromatic rings. The Morgan fingerprint density at radius 3 is 2.79 bits per heavy atom. The summed E-state index contributed by atoms with van der Waals surface area (Å²) in [7, 11) is 0. The van der Waals surface area contributed by atoms with Crippen molar-refractivity contribution in [1.82, 2.24) is 9.97 Å². The van der Waals surface area contributed by atoms with Crippen molar-refractivity contribution in [3.05, 3.63) is 58.9 Å². The average molecular weight is 393 g/mol. The number of hydrogen-bond donors (Lipinski definition) is 2. The number of carbonyl (C=O) groups is 1. The number of nitrogens with zero attached hydrogens (tertiary/aromatic N) is 2. The number of benzene rings is 2. The molecule has 0 unspecified atom stereocenters. The van der Waals surface area contributed by atoms with Gasteiger partial charge in [0, 0.05) is 22.5 Å². The summed E-state index contributed by atoms with van der Waals surface area (Å²) in [6.45, 7) is 0. The van der Waals surface area contributed by atoms with Crippen molar-refractivity contribution >= 4 is 34.2 Å². The van der Waals surface area contributed by atoms with Gasteiger partial charge in [0.05, 0.1) is 23.5 Å².